The summed E-state index contributed by atoms with van der Waals surface area (Å²) in [7, 11) is 3.95. The number of nitrogens with one attached hydrogen (secondary N) is 1. The third-order valence-electron chi connectivity index (χ3n) is 7.39. The molecule has 7 N–H and O–H groups in total. The van der Waals surface area contributed by atoms with E-state index < -0.39 is 60.2 Å². The molecule has 0 spiro atoms. The monoisotopic (exact) mass is 611 g/mol. The molecular weight excluding hydrogens is 561 g/mol. The van der Waals surface area contributed by atoms with Crippen LogP contribution < -0.4 is 5.32 Å². The van der Waals surface area contributed by atoms with E-state index in [1.54, 1.807) is 55.5 Å². The number of carboxylic acids is 2. The first kappa shape index (κ1) is 39.1. The van der Waals surface area contributed by atoms with Crippen LogP contribution in [0.15, 0.2) is 11.8 Å². The summed E-state index contributed by atoms with van der Waals surface area (Å²) in [5.74, 6) is -6.10. The van der Waals surface area contributed by atoms with Crippen LogP contribution in [0.5, 0.6) is 0 Å². The predicted octanol–water partition coefficient (Wildman–Crippen LogP) is 0.928. The predicted molar refractivity (Wildman–Crippen MR) is 152 cm³/mol. The molecule has 0 radical (unpaired) electrons. The van der Waals surface area contributed by atoms with E-state index in [2.05, 4.69) is 14.6 Å². The average molecular weight is 612 g/mol. The second-order valence-corrected chi connectivity index (χ2v) is 11.8. The number of rotatable bonds is 8. The second kappa shape index (κ2) is 17.3. The molecule has 2 rings (SSSR count). The number of amides is 1. The first-order chi connectivity index (χ1) is 18.7. The molecule has 2 aliphatic heterocycles. The molecule has 14 heteroatoms. The van der Waals surface area contributed by atoms with Gasteiger partial charge in [-0.25, -0.2) is 9.59 Å². The van der Waals surface area contributed by atoms with E-state index in [0.29, 0.717) is 0 Å². The molecule has 1 saturated heterocycles. The van der Waals surface area contributed by atoms with Crippen molar-refractivity contribution in [1.82, 2.24) is 5.32 Å². The standard InChI is InChI=1S/C13H25O6P.C11H18O5.C3H7NO/c1-6(8(3)14)11-7(2)10(15)5-13(19-11,12(16)17)18-9(4)20;1-5(7(3)12)10-6(2)8(13)4-9(16-10)11(14)15;1-3(5)4-2/h6-11,14-15H,5,20H2,1-4H3,(H,16,17);4-8,10,12-13H,1-3H3,(H,14,15);1-2H3,(H,4,5)/t6-,7-,8-,9?,10-,11?,13+;5-,6-,7-,8-,10?;/m11./s1. The molecular formula is C27H50NO12P. The Balaban J connectivity index is 0.000000681. The zero-order valence-corrected chi connectivity index (χ0v) is 26.5. The van der Waals surface area contributed by atoms with Crippen LogP contribution in [0.3, 0.4) is 0 Å². The molecule has 13 atom stereocenters. The topological polar surface area (TPSA) is 212 Å². The molecule has 240 valence electrons. The van der Waals surface area contributed by atoms with Gasteiger partial charge in [-0.2, -0.15) is 0 Å². The van der Waals surface area contributed by atoms with E-state index in [9.17, 15) is 39.9 Å². The second-order valence-electron chi connectivity index (χ2n) is 10.9. The quantitative estimate of drug-likeness (QED) is 0.191. The Morgan fingerprint density at radius 3 is 1.83 bits per heavy atom. The van der Waals surface area contributed by atoms with Gasteiger partial charge in [0.15, 0.2) is 0 Å². The Morgan fingerprint density at radius 2 is 1.46 bits per heavy atom. The molecule has 0 aromatic rings. The number of aliphatic hydroxyl groups is 4. The Bertz CT molecular complexity index is 878. The van der Waals surface area contributed by atoms with Crippen molar-refractivity contribution in [2.75, 3.05) is 7.05 Å². The van der Waals surface area contributed by atoms with E-state index in [1.807, 2.05) is 0 Å². The third-order valence-corrected chi connectivity index (χ3v) is 7.53. The lowest BCUT2D eigenvalue weighted by atomic mass is 9.81. The molecule has 0 aliphatic carbocycles. The molecule has 0 bridgehead atoms. The third kappa shape index (κ3) is 11.7. The Labute approximate surface area is 244 Å². The van der Waals surface area contributed by atoms with E-state index in [-0.39, 0.29) is 41.8 Å². The van der Waals surface area contributed by atoms with Crippen LogP contribution in [0.2, 0.25) is 0 Å². The first-order valence-corrected chi connectivity index (χ1v) is 14.3. The average Bonchev–Trinajstić information content (AvgIpc) is 2.86. The lowest BCUT2D eigenvalue weighted by Crippen LogP contribution is -2.59. The fourth-order valence-electron chi connectivity index (χ4n) is 4.26. The van der Waals surface area contributed by atoms with Crippen LogP contribution in [-0.4, -0.2) is 104 Å². The Morgan fingerprint density at radius 1 is 1.00 bits per heavy atom. The SMILES string of the molecule is CC(P)O[C@@]1(C(=O)O)C[C@@H](O)[C@@H](C)C([C@H](C)[C@@H](C)O)O1.CNC(C)=O.C[C@@H](O)[C@@H](C)C1OC(C(=O)O)=C[C@@H](O)[C@H]1C. The normalized spacial score (nSPS) is 33.0. The van der Waals surface area contributed by atoms with Crippen LogP contribution in [0, 0.1) is 23.7 Å². The van der Waals surface area contributed by atoms with E-state index in [1.165, 1.54) is 13.0 Å². The molecule has 0 aromatic heterocycles. The highest BCUT2D eigenvalue weighted by atomic mass is 31.0. The van der Waals surface area contributed by atoms with Crippen molar-refractivity contribution in [3.8, 4) is 0 Å². The summed E-state index contributed by atoms with van der Waals surface area (Å²) in [5.41, 5.74) is 0. The molecule has 4 unspecified atom stereocenters. The number of hydrogen-bond donors (Lipinski definition) is 7. The molecule has 2 aliphatic rings. The van der Waals surface area contributed by atoms with Gasteiger partial charge in [-0.15, -0.1) is 9.24 Å². The largest absolute Gasteiger partial charge is 0.483 e. The number of aliphatic carboxylic acids is 2. The highest BCUT2D eigenvalue weighted by molar-refractivity contribution is 7.17. The maximum atomic E-state index is 11.6. The smallest absolute Gasteiger partial charge is 0.370 e. The summed E-state index contributed by atoms with van der Waals surface area (Å²) in [5, 5.41) is 59.7. The summed E-state index contributed by atoms with van der Waals surface area (Å²) in [6.07, 6.45) is -3.05. The summed E-state index contributed by atoms with van der Waals surface area (Å²) in [6, 6.07) is 0. The summed E-state index contributed by atoms with van der Waals surface area (Å²) >= 11 is 0. The summed E-state index contributed by atoms with van der Waals surface area (Å²) < 4.78 is 16.4. The van der Waals surface area contributed by atoms with Gasteiger partial charge in [-0.3, -0.25) is 4.79 Å². The van der Waals surface area contributed by atoms with E-state index in [4.69, 9.17) is 19.3 Å². The number of aliphatic hydroxyl groups excluding tert-OH is 4. The summed E-state index contributed by atoms with van der Waals surface area (Å²) in [6.45, 7) is 13.5. The number of carboxylic acid groups (broad SMARTS) is 2. The lowest BCUT2D eigenvalue weighted by molar-refractivity contribution is -0.313. The van der Waals surface area contributed by atoms with Crippen molar-refractivity contribution in [1.29, 1.82) is 0 Å². The number of hydrogen-bond acceptors (Lipinski definition) is 10. The van der Waals surface area contributed by atoms with Gasteiger partial charge >= 0.3 is 11.9 Å². The van der Waals surface area contributed by atoms with Gasteiger partial charge in [0, 0.05) is 44.1 Å². The fraction of sp³-hybridized carbons (Fsp3) is 0.815. The number of carbonyl (C=O) groups excluding carboxylic acids is 1. The minimum absolute atomic E-state index is 0.00463. The van der Waals surface area contributed by atoms with Gasteiger partial charge in [0.1, 0.15) is 6.10 Å². The van der Waals surface area contributed by atoms with Crippen molar-refractivity contribution in [3.05, 3.63) is 11.8 Å². The first-order valence-electron chi connectivity index (χ1n) is 13.6. The van der Waals surface area contributed by atoms with Crippen LogP contribution in [-0.2, 0) is 28.6 Å². The molecule has 2 heterocycles. The van der Waals surface area contributed by atoms with Gasteiger partial charge < -0.3 is 50.2 Å². The number of ether oxygens (including phenoxy) is 3. The van der Waals surface area contributed by atoms with Crippen molar-refractivity contribution in [3.63, 3.8) is 0 Å². The van der Waals surface area contributed by atoms with Gasteiger partial charge in [0.2, 0.25) is 11.7 Å². The zero-order valence-electron chi connectivity index (χ0n) is 25.3. The minimum atomic E-state index is -1.87. The van der Waals surface area contributed by atoms with Gasteiger partial charge in [0.25, 0.3) is 5.79 Å². The van der Waals surface area contributed by atoms with Gasteiger partial charge in [-0.05, 0) is 26.8 Å². The van der Waals surface area contributed by atoms with E-state index in [0.717, 1.165) is 0 Å². The van der Waals surface area contributed by atoms with Crippen molar-refractivity contribution in [2.45, 2.75) is 110 Å². The van der Waals surface area contributed by atoms with Gasteiger partial charge in [0.05, 0.1) is 36.4 Å². The summed E-state index contributed by atoms with van der Waals surface area (Å²) in [4.78, 5) is 32.0. The maximum absolute atomic E-state index is 11.6. The highest BCUT2D eigenvalue weighted by Crippen LogP contribution is 2.39. The number of carbonyl (C=O) groups is 3. The molecule has 1 fully saturated rings. The van der Waals surface area contributed by atoms with Crippen molar-refractivity contribution < 1.29 is 59.2 Å². The van der Waals surface area contributed by atoms with Crippen LogP contribution >= 0.6 is 9.24 Å². The fourth-order valence-corrected chi connectivity index (χ4v) is 4.48. The molecule has 13 nitrogen and oxygen atoms in total. The van der Waals surface area contributed by atoms with E-state index >= 15 is 0 Å². The van der Waals surface area contributed by atoms with Gasteiger partial charge in [-0.1, -0.05) is 27.7 Å². The van der Waals surface area contributed by atoms with Crippen LogP contribution in [0.4, 0.5) is 0 Å². The van der Waals surface area contributed by atoms with Crippen molar-refractivity contribution in [2.24, 2.45) is 23.7 Å². The highest BCUT2D eigenvalue weighted by Gasteiger charge is 2.53. The molecule has 0 saturated carbocycles. The molecule has 0 aromatic carbocycles. The zero-order chi connectivity index (χ0) is 32.4. The minimum Gasteiger partial charge on any atom is -0.483 e. The Kier molecular flexibility index (Phi) is 16.5. The van der Waals surface area contributed by atoms with Crippen molar-refractivity contribution >= 4 is 27.1 Å². The van der Waals surface area contributed by atoms with Crippen LogP contribution in [0.25, 0.3) is 0 Å². The molecule has 41 heavy (non-hydrogen) atoms. The Hall–Kier alpha value is -1.86. The maximum Gasteiger partial charge on any atom is 0.370 e. The molecule has 1 amide bonds. The lowest BCUT2D eigenvalue weighted by Gasteiger charge is -2.46. The van der Waals surface area contributed by atoms with Crippen LogP contribution in [0.1, 0.15) is 61.8 Å².